The molecular weight excluding hydrogens is 231 g/mol. The topological polar surface area (TPSA) is 43.4 Å². The van der Waals surface area contributed by atoms with Crippen LogP contribution >= 0.6 is 10.7 Å². The minimum Gasteiger partial charge on any atom is -0.495 e. The van der Waals surface area contributed by atoms with Gasteiger partial charge in [0, 0.05) is 16.2 Å². The molecular formula is C8H8ClFO3S. The second-order valence-electron chi connectivity index (χ2n) is 2.64. The molecule has 0 radical (unpaired) electrons. The molecule has 0 heterocycles. The third-order valence-corrected chi connectivity index (χ3v) is 3.23. The Hall–Kier alpha value is -0.810. The second-order valence-corrected chi connectivity index (χ2v) is 5.14. The molecule has 0 amide bonds. The van der Waals surface area contributed by atoms with Crippen molar-refractivity contribution in [2.75, 3.05) is 7.11 Å². The Morgan fingerprint density at radius 3 is 2.43 bits per heavy atom. The molecule has 0 aliphatic heterocycles. The summed E-state index contributed by atoms with van der Waals surface area (Å²) in [4.78, 5) is -0.318. The molecule has 6 heteroatoms. The van der Waals surface area contributed by atoms with E-state index < -0.39 is 14.9 Å². The highest BCUT2D eigenvalue weighted by molar-refractivity contribution is 8.13. The van der Waals surface area contributed by atoms with Crippen molar-refractivity contribution < 1.29 is 17.5 Å². The monoisotopic (exact) mass is 238 g/mol. The van der Waals surface area contributed by atoms with Crippen LogP contribution in [-0.2, 0) is 9.05 Å². The zero-order valence-corrected chi connectivity index (χ0v) is 9.12. The number of rotatable bonds is 2. The Morgan fingerprint density at radius 2 is 2.00 bits per heavy atom. The first-order valence-corrected chi connectivity index (χ1v) is 5.96. The van der Waals surface area contributed by atoms with Crippen molar-refractivity contribution in [3.8, 4) is 5.75 Å². The van der Waals surface area contributed by atoms with E-state index in [1.807, 2.05) is 0 Å². The molecule has 0 fully saturated rings. The molecule has 0 spiro atoms. The van der Waals surface area contributed by atoms with E-state index in [0.717, 1.165) is 6.07 Å². The van der Waals surface area contributed by atoms with Crippen LogP contribution in [0.2, 0.25) is 0 Å². The van der Waals surface area contributed by atoms with Gasteiger partial charge in [0.15, 0.2) is 0 Å². The molecule has 0 atom stereocenters. The minimum atomic E-state index is -3.99. The first-order chi connectivity index (χ1) is 6.38. The Morgan fingerprint density at radius 1 is 1.43 bits per heavy atom. The maximum atomic E-state index is 13.0. The highest BCUT2D eigenvalue weighted by Gasteiger charge is 2.21. The molecule has 0 aliphatic rings. The number of benzene rings is 1. The average molecular weight is 239 g/mol. The van der Waals surface area contributed by atoms with E-state index in [9.17, 15) is 12.8 Å². The Labute approximate surface area is 85.9 Å². The van der Waals surface area contributed by atoms with E-state index >= 15 is 0 Å². The third kappa shape index (κ3) is 1.99. The largest absolute Gasteiger partial charge is 0.495 e. The standard InChI is InChI=1S/C8H8ClFO3S/c1-5-6(10)3-4-7(13-2)8(5)14(9,11)12/h3-4H,1-2H3. The van der Waals surface area contributed by atoms with Crippen LogP contribution in [0.3, 0.4) is 0 Å². The number of ether oxygens (including phenoxy) is 1. The van der Waals surface area contributed by atoms with Gasteiger partial charge in [0.05, 0.1) is 7.11 Å². The molecule has 1 rings (SSSR count). The van der Waals surface area contributed by atoms with Crippen LogP contribution in [0.4, 0.5) is 4.39 Å². The lowest BCUT2D eigenvalue weighted by molar-refractivity contribution is 0.400. The summed E-state index contributed by atoms with van der Waals surface area (Å²) in [7, 11) is 2.44. The average Bonchev–Trinajstić information content (AvgIpc) is 2.07. The van der Waals surface area contributed by atoms with Gasteiger partial charge in [-0.2, -0.15) is 0 Å². The quantitative estimate of drug-likeness (QED) is 0.741. The Balaban J connectivity index is 3.60. The fourth-order valence-corrected chi connectivity index (χ4v) is 2.54. The van der Waals surface area contributed by atoms with Gasteiger partial charge in [-0.15, -0.1) is 0 Å². The van der Waals surface area contributed by atoms with E-state index in [2.05, 4.69) is 0 Å². The van der Waals surface area contributed by atoms with Crippen LogP contribution in [-0.4, -0.2) is 15.5 Å². The summed E-state index contributed by atoms with van der Waals surface area (Å²) in [6.45, 7) is 1.33. The second kappa shape index (κ2) is 3.74. The third-order valence-electron chi connectivity index (χ3n) is 1.77. The van der Waals surface area contributed by atoms with Crippen molar-refractivity contribution in [3.63, 3.8) is 0 Å². The number of hydrogen-bond donors (Lipinski definition) is 0. The summed E-state index contributed by atoms with van der Waals surface area (Å²) < 4.78 is 40.0. The van der Waals surface area contributed by atoms with Crippen LogP contribution in [0.25, 0.3) is 0 Å². The van der Waals surface area contributed by atoms with Crippen LogP contribution < -0.4 is 4.74 Å². The minimum absolute atomic E-state index is 0.0406. The lowest BCUT2D eigenvalue weighted by atomic mass is 10.2. The number of halogens is 2. The summed E-state index contributed by atoms with van der Waals surface area (Å²) in [5.74, 6) is -0.594. The molecule has 78 valence electrons. The van der Waals surface area contributed by atoms with E-state index in [0.29, 0.717) is 0 Å². The predicted molar refractivity (Wildman–Crippen MR) is 50.7 cm³/mol. The SMILES string of the molecule is COc1ccc(F)c(C)c1S(=O)(=O)Cl. The van der Waals surface area contributed by atoms with Crippen molar-refractivity contribution >= 4 is 19.7 Å². The lowest BCUT2D eigenvalue weighted by Gasteiger charge is -2.08. The highest BCUT2D eigenvalue weighted by Crippen LogP contribution is 2.31. The van der Waals surface area contributed by atoms with Crippen molar-refractivity contribution in [2.45, 2.75) is 11.8 Å². The van der Waals surface area contributed by atoms with Gasteiger partial charge in [-0.05, 0) is 19.1 Å². The van der Waals surface area contributed by atoms with Crippen LogP contribution in [0.15, 0.2) is 17.0 Å². The molecule has 0 N–H and O–H groups in total. The first-order valence-electron chi connectivity index (χ1n) is 3.65. The van der Waals surface area contributed by atoms with Gasteiger partial charge in [-0.3, -0.25) is 0 Å². The molecule has 0 saturated heterocycles. The van der Waals surface area contributed by atoms with Crippen molar-refractivity contribution in [1.82, 2.24) is 0 Å². The van der Waals surface area contributed by atoms with Gasteiger partial charge in [0.2, 0.25) is 0 Å². The molecule has 0 aromatic heterocycles. The zero-order valence-electron chi connectivity index (χ0n) is 7.54. The first kappa shape index (κ1) is 11.3. The van der Waals surface area contributed by atoms with Gasteiger partial charge in [-0.25, -0.2) is 12.8 Å². The number of hydrogen-bond acceptors (Lipinski definition) is 3. The predicted octanol–water partition coefficient (Wildman–Crippen LogP) is 2.07. The van der Waals surface area contributed by atoms with Gasteiger partial charge < -0.3 is 4.74 Å². The maximum absolute atomic E-state index is 13.0. The summed E-state index contributed by atoms with van der Waals surface area (Å²) in [6, 6.07) is 2.34. The van der Waals surface area contributed by atoms with Gasteiger partial charge in [-0.1, -0.05) is 0 Å². The van der Waals surface area contributed by atoms with Crippen molar-refractivity contribution in [3.05, 3.63) is 23.5 Å². The maximum Gasteiger partial charge on any atom is 0.265 e. The van der Waals surface area contributed by atoms with Crippen LogP contribution in [0, 0.1) is 12.7 Å². The van der Waals surface area contributed by atoms with Crippen molar-refractivity contribution in [1.29, 1.82) is 0 Å². The van der Waals surface area contributed by atoms with E-state index in [1.165, 1.54) is 20.1 Å². The molecule has 1 aromatic rings. The Bertz CT molecular complexity index is 456. The van der Waals surface area contributed by atoms with Gasteiger partial charge in [0.1, 0.15) is 16.5 Å². The molecule has 1 aromatic carbocycles. The molecule has 0 saturated carbocycles. The smallest absolute Gasteiger partial charge is 0.265 e. The molecule has 14 heavy (non-hydrogen) atoms. The summed E-state index contributed by atoms with van der Waals surface area (Å²) in [6.07, 6.45) is 0. The normalized spacial score (nSPS) is 11.4. The van der Waals surface area contributed by atoms with E-state index in [-0.39, 0.29) is 16.2 Å². The summed E-state index contributed by atoms with van der Waals surface area (Å²) in [5.41, 5.74) is -0.0423. The Kier molecular flexibility index (Phi) is 3.01. The summed E-state index contributed by atoms with van der Waals surface area (Å²) >= 11 is 0. The lowest BCUT2D eigenvalue weighted by Crippen LogP contribution is -2.01. The van der Waals surface area contributed by atoms with Crippen molar-refractivity contribution in [2.24, 2.45) is 0 Å². The van der Waals surface area contributed by atoms with Gasteiger partial charge in [0.25, 0.3) is 9.05 Å². The highest BCUT2D eigenvalue weighted by atomic mass is 35.7. The molecule has 3 nitrogen and oxygen atoms in total. The number of methoxy groups -OCH3 is 1. The van der Waals surface area contributed by atoms with E-state index in [1.54, 1.807) is 0 Å². The fourth-order valence-electron chi connectivity index (χ4n) is 1.11. The van der Waals surface area contributed by atoms with Crippen LogP contribution in [0.1, 0.15) is 5.56 Å². The van der Waals surface area contributed by atoms with Gasteiger partial charge >= 0.3 is 0 Å². The van der Waals surface area contributed by atoms with E-state index in [4.69, 9.17) is 15.4 Å². The molecule has 0 unspecified atom stereocenters. The summed E-state index contributed by atoms with van der Waals surface area (Å²) in [5, 5.41) is 0. The fraction of sp³-hybridized carbons (Fsp3) is 0.250. The van der Waals surface area contributed by atoms with Crippen LogP contribution in [0.5, 0.6) is 5.75 Å². The molecule has 0 bridgehead atoms. The zero-order chi connectivity index (χ0) is 10.9. The molecule has 0 aliphatic carbocycles.